The molecule has 1 N–H and O–H groups in total. The summed E-state index contributed by atoms with van der Waals surface area (Å²) in [5, 5.41) is 2.89. The number of urea groups is 1. The Morgan fingerprint density at radius 3 is 2.45 bits per heavy atom. The van der Waals surface area contributed by atoms with Crippen molar-refractivity contribution in [3.05, 3.63) is 48.2 Å². The van der Waals surface area contributed by atoms with Gasteiger partial charge < -0.3 is 19.9 Å². The number of carbonyl (C=O) groups excluding carboxylic acids is 1. The normalized spacial score (nSPS) is 21.2. The van der Waals surface area contributed by atoms with Crippen molar-refractivity contribution in [3.63, 3.8) is 0 Å². The number of aromatic nitrogens is 1. The van der Waals surface area contributed by atoms with Crippen LogP contribution in [0.5, 0.6) is 5.75 Å². The number of benzene rings is 1. The number of nitrogens with one attached hydrogen (secondary N) is 1. The van der Waals surface area contributed by atoms with Gasteiger partial charge in [-0.05, 0) is 24.3 Å². The first-order chi connectivity index (χ1) is 13.8. The molecular weight excluding hydrogens is 385 g/mol. The maximum Gasteiger partial charge on any atom is 0.417 e. The quantitative estimate of drug-likeness (QED) is 0.844. The van der Waals surface area contributed by atoms with Gasteiger partial charge in [0.25, 0.3) is 0 Å². The van der Waals surface area contributed by atoms with E-state index in [0.717, 1.165) is 12.3 Å². The van der Waals surface area contributed by atoms with E-state index in [1.807, 2.05) is 11.0 Å². The summed E-state index contributed by atoms with van der Waals surface area (Å²) in [6, 6.07) is 9.48. The third kappa shape index (κ3) is 4.08. The van der Waals surface area contributed by atoms with E-state index in [4.69, 9.17) is 4.74 Å². The van der Waals surface area contributed by atoms with Crippen LogP contribution in [0.25, 0.3) is 0 Å². The topological polar surface area (TPSA) is 57.7 Å². The number of alkyl halides is 3. The predicted molar refractivity (Wildman–Crippen MR) is 102 cm³/mol. The standard InChI is InChI=1S/C20H21F3N4O2/c1-29-17-4-2-3-16(7-17)25-19(28)27-11-13-9-26(10-14(13)12-27)18-6-5-15(8-24-18)20(21,22)23/h2-8,13-14H,9-12H2,1H3,(H,25,28). The minimum absolute atomic E-state index is 0.160. The second kappa shape index (κ2) is 7.46. The van der Waals surface area contributed by atoms with E-state index in [9.17, 15) is 18.0 Å². The average Bonchev–Trinajstić information content (AvgIpc) is 3.27. The largest absolute Gasteiger partial charge is 0.497 e. The molecule has 2 aromatic rings. The number of fused-ring (bicyclic) bond motifs is 1. The zero-order chi connectivity index (χ0) is 20.6. The highest BCUT2D eigenvalue weighted by molar-refractivity contribution is 5.89. The molecule has 29 heavy (non-hydrogen) atoms. The van der Waals surface area contributed by atoms with Crippen LogP contribution >= 0.6 is 0 Å². The Morgan fingerprint density at radius 2 is 1.86 bits per heavy atom. The summed E-state index contributed by atoms with van der Waals surface area (Å²) in [5.74, 6) is 1.76. The monoisotopic (exact) mass is 406 g/mol. The lowest BCUT2D eigenvalue weighted by molar-refractivity contribution is -0.137. The van der Waals surface area contributed by atoms with Crippen LogP contribution in [0, 0.1) is 11.8 Å². The van der Waals surface area contributed by atoms with Gasteiger partial charge in [-0.2, -0.15) is 13.2 Å². The van der Waals surface area contributed by atoms with Crippen molar-refractivity contribution < 1.29 is 22.7 Å². The van der Waals surface area contributed by atoms with Crippen LogP contribution in [0.2, 0.25) is 0 Å². The number of amides is 2. The lowest BCUT2D eigenvalue weighted by Gasteiger charge is -2.23. The lowest BCUT2D eigenvalue weighted by atomic mass is 10.0. The molecule has 0 saturated carbocycles. The molecule has 9 heteroatoms. The van der Waals surface area contributed by atoms with Crippen molar-refractivity contribution in [1.29, 1.82) is 0 Å². The molecule has 2 aliphatic heterocycles. The molecule has 0 radical (unpaired) electrons. The van der Waals surface area contributed by atoms with Gasteiger partial charge in [0.05, 0.1) is 12.7 Å². The Morgan fingerprint density at radius 1 is 1.14 bits per heavy atom. The van der Waals surface area contributed by atoms with Crippen LogP contribution in [-0.4, -0.2) is 49.2 Å². The summed E-state index contributed by atoms with van der Waals surface area (Å²) < 4.78 is 43.3. The Bertz CT molecular complexity index is 874. The smallest absolute Gasteiger partial charge is 0.417 e. The molecule has 1 aromatic heterocycles. The number of halogens is 3. The number of ether oxygens (including phenoxy) is 1. The van der Waals surface area contributed by atoms with Gasteiger partial charge in [0.15, 0.2) is 0 Å². The Kier molecular flexibility index (Phi) is 4.97. The number of nitrogens with zero attached hydrogens (tertiary/aromatic N) is 3. The fraction of sp³-hybridized carbons (Fsp3) is 0.400. The minimum atomic E-state index is -4.39. The minimum Gasteiger partial charge on any atom is -0.497 e. The van der Waals surface area contributed by atoms with Crippen LogP contribution in [0.1, 0.15) is 5.56 Å². The van der Waals surface area contributed by atoms with Crippen LogP contribution in [0.4, 0.5) is 29.5 Å². The molecule has 2 aliphatic rings. The summed E-state index contributed by atoms with van der Waals surface area (Å²) in [7, 11) is 1.57. The lowest BCUT2D eigenvalue weighted by Crippen LogP contribution is -2.36. The molecule has 0 spiro atoms. The molecule has 2 fully saturated rings. The molecule has 6 nitrogen and oxygen atoms in total. The van der Waals surface area contributed by atoms with Crippen molar-refractivity contribution in [2.24, 2.45) is 11.8 Å². The summed E-state index contributed by atoms with van der Waals surface area (Å²) in [6.45, 7) is 2.56. The highest BCUT2D eigenvalue weighted by atomic mass is 19.4. The summed E-state index contributed by atoms with van der Waals surface area (Å²) in [5.41, 5.74) is -0.0805. The van der Waals surface area contributed by atoms with Gasteiger partial charge in [0, 0.05) is 56.0 Å². The van der Waals surface area contributed by atoms with Gasteiger partial charge in [-0.3, -0.25) is 0 Å². The van der Waals surface area contributed by atoms with Crippen molar-refractivity contribution in [2.75, 3.05) is 43.5 Å². The molecule has 0 aliphatic carbocycles. The second-order valence-electron chi connectivity index (χ2n) is 7.40. The molecule has 2 saturated heterocycles. The summed E-state index contributed by atoms with van der Waals surface area (Å²) in [4.78, 5) is 20.3. The average molecular weight is 406 g/mol. The van der Waals surface area contributed by atoms with E-state index in [-0.39, 0.29) is 17.9 Å². The van der Waals surface area contributed by atoms with Gasteiger partial charge in [-0.25, -0.2) is 9.78 Å². The number of hydrogen-bond donors (Lipinski definition) is 1. The fourth-order valence-corrected chi connectivity index (χ4v) is 3.99. The van der Waals surface area contributed by atoms with Crippen LogP contribution in [0.15, 0.2) is 42.6 Å². The van der Waals surface area contributed by atoms with Gasteiger partial charge in [0.1, 0.15) is 11.6 Å². The number of pyridine rings is 1. The van der Waals surface area contributed by atoms with E-state index in [0.29, 0.717) is 43.4 Å². The third-order valence-corrected chi connectivity index (χ3v) is 5.49. The first-order valence-corrected chi connectivity index (χ1v) is 9.31. The second-order valence-corrected chi connectivity index (χ2v) is 7.40. The van der Waals surface area contributed by atoms with Crippen molar-refractivity contribution in [2.45, 2.75) is 6.18 Å². The maximum absolute atomic E-state index is 12.7. The Hall–Kier alpha value is -2.97. The van der Waals surface area contributed by atoms with Crippen molar-refractivity contribution in [1.82, 2.24) is 9.88 Å². The van der Waals surface area contributed by atoms with Crippen molar-refractivity contribution >= 4 is 17.5 Å². The van der Waals surface area contributed by atoms with Crippen LogP contribution in [0.3, 0.4) is 0 Å². The number of anilines is 2. The molecule has 1 aromatic carbocycles. The zero-order valence-electron chi connectivity index (χ0n) is 15.8. The first-order valence-electron chi connectivity index (χ1n) is 9.31. The SMILES string of the molecule is COc1cccc(NC(=O)N2CC3CN(c4ccc(C(F)(F)F)cn4)CC3C2)c1. The van der Waals surface area contributed by atoms with Gasteiger partial charge in [-0.15, -0.1) is 0 Å². The van der Waals surface area contributed by atoms with Gasteiger partial charge in [0.2, 0.25) is 0 Å². The third-order valence-electron chi connectivity index (χ3n) is 5.49. The number of likely N-dealkylation sites (tertiary alicyclic amines) is 1. The Balaban J connectivity index is 1.34. The van der Waals surface area contributed by atoms with Crippen LogP contribution in [-0.2, 0) is 6.18 Å². The van der Waals surface area contributed by atoms with Crippen LogP contribution < -0.4 is 15.0 Å². The molecule has 2 amide bonds. The summed E-state index contributed by atoms with van der Waals surface area (Å²) in [6.07, 6.45) is -3.51. The van der Waals surface area contributed by atoms with E-state index in [1.165, 1.54) is 6.07 Å². The van der Waals surface area contributed by atoms with E-state index < -0.39 is 11.7 Å². The van der Waals surface area contributed by atoms with Gasteiger partial charge in [-0.1, -0.05) is 6.07 Å². The van der Waals surface area contributed by atoms with Gasteiger partial charge >= 0.3 is 12.2 Å². The molecule has 2 atom stereocenters. The zero-order valence-corrected chi connectivity index (χ0v) is 15.8. The predicted octanol–water partition coefficient (Wildman–Crippen LogP) is 3.71. The molecular formula is C20H21F3N4O2. The van der Waals surface area contributed by atoms with E-state index in [2.05, 4.69) is 10.3 Å². The maximum atomic E-state index is 12.7. The number of carbonyl (C=O) groups is 1. The number of rotatable bonds is 3. The van der Waals surface area contributed by atoms with E-state index >= 15 is 0 Å². The molecule has 3 heterocycles. The number of hydrogen-bond acceptors (Lipinski definition) is 4. The molecule has 0 bridgehead atoms. The first kappa shape index (κ1) is 19.4. The fourth-order valence-electron chi connectivity index (χ4n) is 3.99. The molecule has 2 unspecified atom stereocenters. The highest BCUT2D eigenvalue weighted by Gasteiger charge is 2.42. The number of methoxy groups -OCH3 is 1. The Labute approximate surface area is 166 Å². The molecule has 4 rings (SSSR count). The van der Waals surface area contributed by atoms with Crippen molar-refractivity contribution in [3.8, 4) is 5.75 Å². The van der Waals surface area contributed by atoms with E-state index in [1.54, 1.807) is 30.2 Å². The summed E-state index contributed by atoms with van der Waals surface area (Å²) >= 11 is 0. The molecule has 154 valence electrons. The highest BCUT2D eigenvalue weighted by Crippen LogP contribution is 2.35.